The predicted molar refractivity (Wildman–Crippen MR) is 107 cm³/mol. The SMILES string of the molecule is CC(C)n1c(=O)ccc2cnc(Nc3ccc(-[n+]4cc[n+](C)cc4)cc3)nc21. The third kappa shape index (κ3) is 3.46. The molecule has 0 aliphatic rings. The summed E-state index contributed by atoms with van der Waals surface area (Å²) in [5.74, 6) is 0.458. The van der Waals surface area contributed by atoms with Gasteiger partial charge in [-0.25, -0.2) is 4.98 Å². The highest BCUT2D eigenvalue weighted by atomic mass is 16.1. The molecule has 0 saturated heterocycles. The molecule has 0 saturated carbocycles. The van der Waals surface area contributed by atoms with Crippen LogP contribution in [-0.2, 0) is 7.05 Å². The van der Waals surface area contributed by atoms with Crippen molar-refractivity contribution < 1.29 is 9.13 Å². The van der Waals surface area contributed by atoms with Crippen molar-refractivity contribution in [2.24, 2.45) is 7.05 Å². The lowest BCUT2D eigenvalue weighted by atomic mass is 10.2. The van der Waals surface area contributed by atoms with Gasteiger partial charge in [-0.1, -0.05) is 0 Å². The second kappa shape index (κ2) is 7.19. The van der Waals surface area contributed by atoms with E-state index in [1.807, 2.05) is 79.1 Å². The monoisotopic (exact) mass is 374 g/mol. The number of hydrogen-bond donors (Lipinski definition) is 1. The molecule has 0 amide bonds. The molecule has 0 radical (unpaired) electrons. The van der Waals surface area contributed by atoms with Gasteiger partial charge in [0, 0.05) is 41.5 Å². The van der Waals surface area contributed by atoms with Crippen LogP contribution in [0.4, 0.5) is 11.6 Å². The highest BCUT2D eigenvalue weighted by molar-refractivity contribution is 5.75. The summed E-state index contributed by atoms with van der Waals surface area (Å²) in [6, 6.07) is 11.3. The predicted octanol–water partition coefficient (Wildman–Crippen LogP) is 2.22. The van der Waals surface area contributed by atoms with Gasteiger partial charge < -0.3 is 5.32 Å². The first-order valence-electron chi connectivity index (χ1n) is 9.13. The number of rotatable bonds is 4. The Hall–Kier alpha value is -3.61. The first kappa shape index (κ1) is 17.8. The maximum absolute atomic E-state index is 12.2. The summed E-state index contributed by atoms with van der Waals surface area (Å²) in [7, 11) is 1.99. The Kier molecular flexibility index (Phi) is 4.57. The molecule has 0 aliphatic heterocycles. The average Bonchev–Trinajstić information content (AvgIpc) is 2.69. The van der Waals surface area contributed by atoms with E-state index in [1.165, 1.54) is 0 Å². The molecule has 0 unspecified atom stereocenters. The van der Waals surface area contributed by atoms with Crippen LogP contribution >= 0.6 is 0 Å². The Labute approximate surface area is 162 Å². The van der Waals surface area contributed by atoms with Crippen molar-refractivity contribution >= 4 is 22.7 Å². The average molecular weight is 374 g/mol. The van der Waals surface area contributed by atoms with Crippen molar-refractivity contribution in [3.8, 4) is 5.69 Å². The zero-order valence-corrected chi connectivity index (χ0v) is 16.1. The van der Waals surface area contributed by atoms with E-state index in [2.05, 4.69) is 15.3 Å². The number of fused-ring (bicyclic) bond motifs is 1. The molecule has 0 spiro atoms. The number of aryl methyl sites for hydroxylation is 1. The van der Waals surface area contributed by atoms with Crippen LogP contribution in [0, 0.1) is 0 Å². The number of aromatic nitrogens is 5. The topological polar surface area (TPSA) is 67.6 Å². The molecular formula is C21H22N6O+2. The minimum atomic E-state index is -0.0650. The summed E-state index contributed by atoms with van der Waals surface area (Å²) >= 11 is 0. The number of anilines is 2. The van der Waals surface area contributed by atoms with Crippen molar-refractivity contribution in [1.29, 1.82) is 0 Å². The first-order chi connectivity index (χ1) is 13.5. The van der Waals surface area contributed by atoms with Gasteiger partial charge in [-0.3, -0.25) is 9.36 Å². The molecule has 3 heterocycles. The minimum Gasteiger partial charge on any atom is -0.324 e. The molecule has 0 fully saturated rings. The molecule has 28 heavy (non-hydrogen) atoms. The second-order valence-corrected chi connectivity index (χ2v) is 6.95. The van der Waals surface area contributed by atoms with Crippen LogP contribution in [0.15, 0.2) is 72.2 Å². The first-order valence-corrected chi connectivity index (χ1v) is 9.13. The molecule has 7 heteroatoms. The Morgan fingerprint density at radius 1 is 1.00 bits per heavy atom. The second-order valence-electron chi connectivity index (χ2n) is 6.95. The van der Waals surface area contributed by atoms with Gasteiger partial charge in [-0.2, -0.15) is 14.1 Å². The maximum Gasteiger partial charge on any atom is 0.252 e. The number of pyridine rings is 1. The number of nitrogens with one attached hydrogen (secondary N) is 1. The molecule has 4 aromatic rings. The van der Waals surface area contributed by atoms with E-state index >= 15 is 0 Å². The van der Waals surface area contributed by atoms with Gasteiger partial charge in [0.25, 0.3) is 5.56 Å². The smallest absolute Gasteiger partial charge is 0.252 e. The Morgan fingerprint density at radius 2 is 1.71 bits per heavy atom. The zero-order valence-electron chi connectivity index (χ0n) is 16.1. The summed E-state index contributed by atoms with van der Waals surface area (Å²) in [6.45, 7) is 3.94. The summed E-state index contributed by atoms with van der Waals surface area (Å²) in [6.07, 6.45) is 9.71. The number of hydrogen-bond acceptors (Lipinski definition) is 4. The molecule has 140 valence electrons. The van der Waals surface area contributed by atoms with Gasteiger partial charge >= 0.3 is 0 Å². The molecule has 7 nitrogen and oxygen atoms in total. The normalized spacial score (nSPS) is 11.1. The van der Waals surface area contributed by atoms with Gasteiger partial charge in [-0.05, 0) is 32.0 Å². The van der Waals surface area contributed by atoms with Crippen molar-refractivity contribution in [3.63, 3.8) is 0 Å². The van der Waals surface area contributed by atoms with E-state index in [0.717, 1.165) is 16.8 Å². The van der Waals surface area contributed by atoms with Crippen molar-refractivity contribution in [3.05, 3.63) is 77.7 Å². The van der Waals surface area contributed by atoms with Crippen LogP contribution in [-0.4, -0.2) is 14.5 Å². The van der Waals surface area contributed by atoms with Crippen LogP contribution in [0.5, 0.6) is 0 Å². The maximum atomic E-state index is 12.2. The van der Waals surface area contributed by atoms with Crippen LogP contribution in [0.2, 0.25) is 0 Å². The Bertz CT molecular complexity index is 1180. The Balaban J connectivity index is 1.63. The lowest BCUT2D eigenvalue weighted by Crippen LogP contribution is -2.37. The molecule has 0 aliphatic carbocycles. The fourth-order valence-electron chi connectivity index (χ4n) is 3.07. The van der Waals surface area contributed by atoms with E-state index in [-0.39, 0.29) is 11.6 Å². The number of nitrogens with zero attached hydrogens (tertiary/aromatic N) is 5. The van der Waals surface area contributed by atoms with Crippen molar-refractivity contribution in [2.45, 2.75) is 19.9 Å². The quantitative estimate of drug-likeness (QED) is 0.556. The van der Waals surface area contributed by atoms with Crippen molar-refractivity contribution in [1.82, 2.24) is 14.5 Å². The largest absolute Gasteiger partial charge is 0.324 e. The van der Waals surface area contributed by atoms with Gasteiger partial charge in [0.15, 0.2) is 0 Å². The summed E-state index contributed by atoms with van der Waals surface area (Å²) in [5, 5.41) is 4.05. The summed E-state index contributed by atoms with van der Waals surface area (Å²) in [4.78, 5) is 21.2. The van der Waals surface area contributed by atoms with E-state index in [0.29, 0.717) is 11.6 Å². The molecule has 4 rings (SSSR count). The lowest BCUT2D eigenvalue weighted by molar-refractivity contribution is -0.702. The molecule has 1 aromatic carbocycles. The third-order valence-corrected chi connectivity index (χ3v) is 4.53. The Morgan fingerprint density at radius 3 is 2.39 bits per heavy atom. The lowest BCUT2D eigenvalue weighted by Gasteiger charge is -2.13. The summed E-state index contributed by atoms with van der Waals surface area (Å²) < 4.78 is 5.70. The minimum absolute atomic E-state index is 0.0166. The molecule has 0 atom stereocenters. The zero-order chi connectivity index (χ0) is 19.7. The number of benzene rings is 1. The van der Waals surface area contributed by atoms with Gasteiger partial charge in [-0.15, -0.1) is 0 Å². The van der Waals surface area contributed by atoms with Crippen LogP contribution < -0.4 is 20.0 Å². The highest BCUT2D eigenvalue weighted by Gasteiger charge is 2.11. The van der Waals surface area contributed by atoms with E-state index in [9.17, 15) is 4.79 Å². The van der Waals surface area contributed by atoms with E-state index in [4.69, 9.17) is 0 Å². The third-order valence-electron chi connectivity index (χ3n) is 4.53. The molecule has 3 aromatic heterocycles. The van der Waals surface area contributed by atoms with E-state index in [1.54, 1.807) is 22.9 Å². The standard InChI is InChI=1S/C21H21N6O/c1-15(2)27-19(28)9-4-16-14-22-21(24-20(16)27)23-17-5-7-18(8-6-17)26-12-10-25(3)11-13-26/h4-15H,1-3H3/q+1/p+1. The summed E-state index contributed by atoms with van der Waals surface area (Å²) in [5.41, 5.74) is 2.49. The molecule has 1 N–H and O–H groups in total. The fraction of sp³-hybridized carbons (Fsp3) is 0.190. The highest BCUT2D eigenvalue weighted by Crippen LogP contribution is 2.18. The van der Waals surface area contributed by atoms with Gasteiger partial charge in [0.05, 0.1) is 0 Å². The van der Waals surface area contributed by atoms with Crippen LogP contribution in [0.25, 0.3) is 16.7 Å². The van der Waals surface area contributed by atoms with Crippen LogP contribution in [0.1, 0.15) is 19.9 Å². The fourth-order valence-corrected chi connectivity index (χ4v) is 3.07. The molecular weight excluding hydrogens is 352 g/mol. The van der Waals surface area contributed by atoms with Gasteiger partial charge in [0.2, 0.25) is 36.4 Å². The molecule has 0 bridgehead atoms. The van der Waals surface area contributed by atoms with Gasteiger partial charge in [0.1, 0.15) is 12.7 Å². The van der Waals surface area contributed by atoms with Crippen LogP contribution in [0.3, 0.4) is 0 Å². The van der Waals surface area contributed by atoms with E-state index < -0.39 is 0 Å². The van der Waals surface area contributed by atoms with Crippen molar-refractivity contribution in [2.75, 3.05) is 5.32 Å².